The van der Waals surface area contributed by atoms with Crippen LogP contribution in [0.1, 0.15) is 11.1 Å². The highest BCUT2D eigenvalue weighted by Crippen LogP contribution is 2.19. The van der Waals surface area contributed by atoms with Gasteiger partial charge in [-0.25, -0.2) is 4.98 Å². The molecule has 0 aliphatic carbocycles. The maximum atomic E-state index is 11.8. The van der Waals surface area contributed by atoms with Crippen molar-refractivity contribution in [3.63, 3.8) is 0 Å². The van der Waals surface area contributed by atoms with Gasteiger partial charge in [-0.1, -0.05) is 29.3 Å². The third-order valence-electron chi connectivity index (χ3n) is 2.72. The molecule has 0 aliphatic rings. The SMILES string of the molecule is Cc1ccc(OCC(=O)Nc2cccnc2Cl)c(C)c1. The lowest BCUT2D eigenvalue weighted by Crippen LogP contribution is -2.20. The molecule has 0 unspecified atom stereocenters. The summed E-state index contributed by atoms with van der Waals surface area (Å²) in [5, 5.41) is 2.91. The highest BCUT2D eigenvalue weighted by molar-refractivity contribution is 6.32. The number of carbonyl (C=O) groups is 1. The zero-order chi connectivity index (χ0) is 14.5. The molecule has 1 aromatic carbocycles. The van der Waals surface area contributed by atoms with Crippen molar-refractivity contribution in [3.05, 3.63) is 52.8 Å². The van der Waals surface area contributed by atoms with Crippen molar-refractivity contribution in [2.45, 2.75) is 13.8 Å². The van der Waals surface area contributed by atoms with E-state index in [4.69, 9.17) is 16.3 Å². The number of rotatable bonds is 4. The Morgan fingerprint density at radius 2 is 2.15 bits per heavy atom. The zero-order valence-corrected chi connectivity index (χ0v) is 12.1. The first-order valence-corrected chi connectivity index (χ1v) is 6.54. The summed E-state index contributed by atoms with van der Waals surface area (Å²) in [4.78, 5) is 15.7. The number of nitrogens with zero attached hydrogens (tertiary/aromatic N) is 1. The fraction of sp³-hybridized carbons (Fsp3) is 0.200. The second-order valence-electron chi connectivity index (χ2n) is 4.45. The molecule has 20 heavy (non-hydrogen) atoms. The Morgan fingerprint density at radius 3 is 2.85 bits per heavy atom. The van der Waals surface area contributed by atoms with Gasteiger partial charge in [-0.05, 0) is 37.6 Å². The number of benzene rings is 1. The van der Waals surface area contributed by atoms with Crippen LogP contribution in [0.25, 0.3) is 0 Å². The molecule has 1 N–H and O–H groups in total. The largest absolute Gasteiger partial charge is 0.483 e. The first kappa shape index (κ1) is 14.3. The van der Waals surface area contributed by atoms with Crippen LogP contribution >= 0.6 is 11.6 Å². The number of pyridine rings is 1. The van der Waals surface area contributed by atoms with Gasteiger partial charge < -0.3 is 10.1 Å². The number of hydrogen-bond donors (Lipinski definition) is 1. The van der Waals surface area contributed by atoms with Crippen LogP contribution in [0.2, 0.25) is 5.15 Å². The fourth-order valence-electron chi connectivity index (χ4n) is 1.77. The predicted molar refractivity (Wildman–Crippen MR) is 79.3 cm³/mol. The Labute approximate surface area is 122 Å². The molecule has 2 aromatic rings. The van der Waals surface area contributed by atoms with Gasteiger partial charge >= 0.3 is 0 Å². The molecule has 0 atom stereocenters. The summed E-state index contributed by atoms with van der Waals surface area (Å²) in [5.41, 5.74) is 2.63. The van der Waals surface area contributed by atoms with E-state index in [9.17, 15) is 4.79 Å². The lowest BCUT2D eigenvalue weighted by Gasteiger charge is -2.10. The van der Waals surface area contributed by atoms with Crippen LogP contribution in [0, 0.1) is 13.8 Å². The number of carbonyl (C=O) groups excluding carboxylic acids is 1. The van der Waals surface area contributed by atoms with Gasteiger partial charge in [0.1, 0.15) is 5.75 Å². The number of anilines is 1. The first-order chi connectivity index (χ1) is 9.56. The highest BCUT2D eigenvalue weighted by atomic mass is 35.5. The molecule has 0 bridgehead atoms. The quantitative estimate of drug-likeness (QED) is 0.878. The second kappa shape index (κ2) is 6.39. The molecule has 0 saturated heterocycles. The van der Waals surface area contributed by atoms with Crippen LogP contribution in [0.4, 0.5) is 5.69 Å². The minimum Gasteiger partial charge on any atom is -0.483 e. The summed E-state index contributed by atoms with van der Waals surface area (Å²) in [5.74, 6) is 0.419. The highest BCUT2D eigenvalue weighted by Gasteiger charge is 2.08. The smallest absolute Gasteiger partial charge is 0.262 e. The van der Waals surface area contributed by atoms with E-state index < -0.39 is 0 Å². The molecule has 1 aromatic heterocycles. The average Bonchev–Trinajstić information content (AvgIpc) is 2.40. The van der Waals surface area contributed by atoms with Crippen LogP contribution in [-0.2, 0) is 4.79 Å². The Bertz CT molecular complexity index is 629. The molecule has 0 aliphatic heterocycles. The molecular weight excluding hydrogens is 276 g/mol. The van der Waals surface area contributed by atoms with Crippen molar-refractivity contribution < 1.29 is 9.53 Å². The van der Waals surface area contributed by atoms with Gasteiger partial charge in [0.15, 0.2) is 11.8 Å². The molecule has 0 fully saturated rings. The topological polar surface area (TPSA) is 51.2 Å². The molecule has 2 rings (SSSR count). The second-order valence-corrected chi connectivity index (χ2v) is 4.81. The third-order valence-corrected chi connectivity index (χ3v) is 3.02. The van der Waals surface area contributed by atoms with E-state index in [1.165, 1.54) is 0 Å². The molecule has 5 heteroatoms. The Balaban J connectivity index is 1.94. The van der Waals surface area contributed by atoms with Crippen molar-refractivity contribution in [3.8, 4) is 5.75 Å². The molecule has 0 spiro atoms. The first-order valence-electron chi connectivity index (χ1n) is 6.16. The summed E-state index contributed by atoms with van der Waals surface area (Å²) >= 11 is 5.86. The minimum atomic E-state index is -0.278. The van der Waals surface area contributed by atoms with Crippen LogP contribution in [0.15, 0.2) is 36.5 Å². The number of nitrogens with one attached hydrogen (secondary N) is 1. The molecular formula is C15H15ClN2O2. The number of ether oxygens (including phenoxy) is 1. The summed E-state index contributed by atoms with van der Waals surface area (Å²) in [7, 11) is 0. The molecule has 1 amide bonds. The van der Waals surface area contributed by atoms with E-state index in [-0.39, 0.29) is 17.7 Å². The Kier molecular flexibility index (Phi) is 4.58. The lowest BCUT2D eigenvalue weighted by molar-refractivity contribution is -0.118. The molecule has 0 saturated carbocycles. The zero-order valence-electron chi connectivity index (χ0n) is 11.3. The van der Waals surface area contributed by atoms with Crippen molar-refractivity contribution >= 4 is 23.2 Å². The normalized spacial score (nSPS) is 10.2. The number of aromatic nitrogens is 1. The molecule has 104 valence electrons. The minimum absolute atomic E-state index is 0.0743. The van der Waals surface area contributed by atoms with Crippen molar-refractivity contribution in [2.75, 3.05) is 11.9 Å². The predicted octanol–water partition coefficient (Wildman–Crippen LogP) is 3.37. The average molecular weight is 291 g/mol. The van der Waals surface area contributed by atoms with Gasteiger partial charge in [0, 0.05) is 6.20 Å². The monoisotopic (exact) mass is 290 g/mol. The van der Waals surface area contributed by atoms with Gasteiger partial charge in [-0.3, -0.25) is 4.79 Å². The summed E-state index contributed by atoms with van der Waals surface area (Å²) in [6.07, 6.45) is 1.56. The maximum absolute atomic E-state index is 11.8. The van der Waals surface area contributed by atoms with Crippen molar-refractivity contribution in [1.82, 2.24) is 4.98 Å². The number of amides is 1. The van der Waals surface area contributed by atoms with Crippen molar-refractivity contribution in [1.29, 1.82) is 0 Å². The fourth-order valence-corrected chi connectivity index (χ4v) is 1.94. The van der Waals surface area contributed by atoms with E-state index in [1.807, 2.05) is 32.0 Å². The number of hydrogen-bond acceptors (Lipinski definition) is 3. The van der Waals surface area contributed by atoms with E-state index in [2.05, 4.69) is 10.3 Å². The van der Waals surface area contributed by atoms with E-state index >= 15 is 0 Å². The number of aryl methyl sites for hydroxylation is 2. The van der Waals surface area contributed by atoms with Crippen LogP contribution < -0.4 is 10.1 Å². The van der Waals surface area contributed by atoms with Crippen LogP contribution in [0.3, 0.4) is 0 Å². The third kappa shape index (κ3) is 3.71. The molecule has 1 heterocycles. The summed E-state index contributed by atoms with van der Waals surface area (Å²) in [6, 6.07) is 9.19. The van der Waals surface area contributed by atoms with E-state index in [1.54, 1.807) is 18.3 Å². The summed E-state index contributed by atoms with van der Waals surface area (Å²) in [6.45, 7) is 3.88. The van der Waals surface area contributed by atoms with Gasteiger partial charge in [0.2, 0.25) is 0 Å². The Hall–Kier alpha value is -2.07. The van der Waals surface area contributed by atoms with Gasteiger partial charge in [0.05, 0.1) is 5.69 Å². The Morgan fingerprint density at radius 1 is 1.35 bits per heavy atom. The van der Waals surface area contributed by atoms with Crippen LogP contribution in [0.5, 0.6) is 5.75 Å². The maximum Gasteiger partial charge on any atom is 0.262 e. The standard InChI is InChI=1S/C15H15ClN2O2/c1-10-5-6-13(11(2)8-10)20-9-14(19)18-12-4-3-7-17-15(12)16/h3-8H,9H2,1-2H3,(H,18,19). The van der Waals surface area contributed by atoms with E-state index in [0.717, 1.165) is 11.1 Å². The van der Waals surface area contributed by atoms with Gasteiger partial charge in [-0.2, -0.15) is 0 Å². The van der Waals surface area contributed by atoms with Crippen LogP contribution in [-0.4, -0.2) is 17.5 Å². The van der Waals surface area contributed by atoms with Gasteiger partial charge in [-0.15, -0.1) is 0 Å². The lowest BCUT2D eigenvalue weighted by atomic mass is 10.1. The van der Waals surface area contributed by atoms with E-state index in [0.29, 0.717) is 11.4 Å². The van der Waals surface area contributed by atoms with Crippen molar-refractivity contribution in [2.24, 2.45) is 0 Å². The summed E-state index contributed by atoms with van der Waals surface area (Å²) < 4.78 is 5.49. The van der Waals surface area contributed by atoms with Gasteiger partial charge in [0.25, 0.3) is 5.91 Å². The molecule has 0 radical (unpaired) electrons. The molecule has 4 nitrogen and oxygen atoms in total. The number of halogens is 1.